The minimum atomic E-state index is -0.472. The summed E-state index contributed by atoms with van der Waals surface area (Å²) in [7, 11) is 1.47. The first-order valence-corrected chi connectivity index (χ1v) is 8.57. The lowest BCUT2D eigenvalue weighted by Gasteiger charge is -2.32. The number of benzene rings is 1. The van der Waals surface area contributed by atoms with Gasteiger partial charge in [0.1, 0.15) is 0 Å². The second-order valence-corrected chi connectivity index (χ2v) is 7.84. The van der Waals surface area contributed by atoms with Crippen LogP contribution in [0.5, 0.6) is 0 Å². The molecule has 1 fully saturated rings. The van der Waals surface area contributed by atoms with Gasteiger partial charge >= 0.3 is 7.12 Å². The average Bonchev–Trinajstić information content (AvgIpc) is 2.83. The smallest absolute Gasteiger partial charge is 0.399 e. The number of aryl methyl sites for hydroxylation is 2. The molecule has 128 valence electrons. The average molecular weight is 347 g/mol. The summed E-state index contributed by atoms with van der Waals surface area (Å²) < 4.78 is 14.2. The largest absolute Gasteiger partial charge is 0.496 e. The van der Waals surface area contributed by atoms with E-state index in [4.69, 9.17) is 20.9 Å². The molecule has 0 amide bonds. The monoisotopic (exact) mass is 346 g/mol. The lowest BCUT2D eigenvalue weighted by atomic mass is 9.77. The van der Waals surface area contributed by atoms with Crippen LogP contribution in [0, 0.1) is 13.8 Å². The topological polar surface area (TPSA) is 36.3 Å². The third-order valence-electron chi connectivity index (χ3n) is 5.31. The van der Waals surface area contributed by atoms with Crippen molar-refractivity contribution in [1.29, 1.82) is 0 Å². The molecule has 1 aromatic heterocycles. The molecule has 1 saturated heterocycles. The Morgan fingerprint density at radius 2 is 1.67 bits per heavy atom. The van der Waals surface area contributed by atoms with Gasteiger partial charge in [-0.3, -0.25) is 4.68 Å². The Hall–Kier alpha value is -1.30. The van der Waals surface area contributed by atoms with Gasteiger partial charge in [-0.05, 0) is 41.5 Å². The molecule has 4 nitrogen and oxygen atoms in total. The molecule has 0 spiro atoms. The Kier molecular flexibility index (Phi) is 4.10. The highest BCUT2D eigenvalue weighted by molar-refractivity contribution is 6.66. The molecule has 24 heavy (non-hydrogen) atoms. The SMILES string of the molecule is Cc1nn(C)c(C)c1-c1cccc(B2OC(C)(C)C(C)(C)O2)c1Cl. The summed E-state index contributed by atoms with van der Waals surface area (Å²) in [4.78, 5) is 0. The molecule has 2 heterocycles. The highest BCUT2D eigenvalue weighted by Crippen LogP contribution is 2.38. The molecule has 1 aliphatic heterocycles. The van der Waals surface area contributed by atoms with E-state index in [1.807, 2.05) is 71.5 Å². The van der Waals surface area contributed by atoms with E-state index in [1.165, 1.54) is 0 Å². The van der Waals surface area contributed by atoms with Crippen molar-refractivity contribution in [3.05, 3.63) is 34.6 Å². The molecule has 3 rings (SSSR count). The Morgan fingerprint density at radius 1 is 1.08 bits per heavy atom. The standard InChI is InChI=1S/C18H24BClN2O2/c1-11-15(12(2)22(7)21-11)13-9-8-10-14(16(13)20)19-23-17(3,4)18(5,6)24-19/h8-10H,1-7H3. The second-order valence-electron chi connectivity index (χ2n) is 7.47. The fourth-order valence-corrected chi connectivity index (χ4v) is 3.37. The zero-order valence-electron chi connectivity index (χ0n) is 15.4. The van der Waals surface area contributed by atoms with Crippen molar-refractivity contribution >= 4 is 24.2 Å². The number of hydrogen-bond acceptors (Lipinski definition) is 3. The normalized spacial score (nSPS) is 19.1. The molecule has 0 aliphatic carbocycles. The van der Waals surface area contributed by atoms with Crippen molar-refractivity contribution in [2.45, 2.75) is 52.7 Å². The van der Waals surface area contributed by atoms with Gasteiger partial charge in [-0.1, -0.05) is 29.8 Å². The fourth-order valence-electron chi connectivity index (χ4n) is 3.06. The van der Waals surface area contributed by atoms with E-state index >= 15 is 0 Å². The summed E-state index contributed by atoms with van der Waals surface area (Å²) in [6, 6.07) is 5.98. The summed E-state index contributed by atoms with van der Waals surface area (Å²) in [5, 5.41) is 5.16. The van der Waals surface area contributed by atoms with Crippen LogP contribution in [0.3, 0.4) is 0 Å². The molecule has 0 bridgehead atoms. The first kappa shape index (κ1) is 17.5. The minimum absolute atomic E-state index is 0.392. The van der Waals surface area contributed by atoms with Crippen molar-refractivity contribution in [1.82, 2.24) is 9.78 Å². The summed E-state index contributed by atoms with van der Waals surface area (Å²) in [5.74, 6) is 0. The molecule has 1 aromatic carbocycles. The van der Waals surface area contributed by atoms with E-state index in [0.717, 1.165) is 28.0 Å². The number of aromatic nitrogens is 2. The van der Waals surface area contributed by atoms with E-state index in [0.29, 0.717) is 5.02 Å². The van der Waals surface area contributed by atoms with Gasteiger partial charge in [0, 0.05) is 34.4 Å². The van der Waals surface area contributed by atoms with Crippen LogP contribution in [0.1, 0.15) is 39.1 Å². The van der Waals surface area contributed by atoms with Crippen molar-refractivity contribution in [3.63, 3.8) is 0 Å². The van der Waals surface area contributed by atoms with Gasteiger partial charge in [-0.15, -0.1) is 0 Å². The number of rotatable bonds is 2. The van der Waals surface area contributed by atoms with E-state index in [-0.39, 0.29) is 0 Å². The van der Waals surface area contributed by atoms with Gasteiger partial charge in [0.05, 0.1) is 16.9 Å². The molecule has 0 saturated carbocycles. The Morgan fingerprint density at radius 3 is 2.17 bits per heavy atom. The molecule has 0 radical (unpaired) electrons. The quantitative estimate of drug-likeness (QED) is 0.779. The molecule has 6 heteroatoms. The molecule has 0 unspecified atom stereocenters. The summed E-state index contributed by atoms with van der Waals surface area (Å²) in [6.07, 6.45) is 0. The first-order chi connectivity index (χ1) is 11.0. The van der Waals surface area contributed by atoms with Gasteiger partial charge in [0.2, 0.25) is 0 Å². The lowest BCUT2D eigenvalue weighted by molar-refractivity contribution is 0.00578. The van der Waals surface area contributed by atoms with Gasteiger partial charge in [-0.25, -0.2) is 0 Å². The predicted molar refractivity (Wildman–Crippen MR) is 98.8 cm³/mol. The first-order valence-electron chi connectivity index (χ1n) is 8.20. The van der Waals surface area contributed by atoms with Crippen LogP contribution in [-0.2, 0) is 16.4 Å². The number of nitrogens with zero attached hydrogens (tertiary/aromatic N) is 2. The molecule has 0 N–H and O–H groups in total. The maximum Gasteiger partial charge on any atom is 0.496 e. The van der Waals surface area contributed by atoms with Gasteiger partial charge in [0.25, 0.3) is 0 Å². The van der Waals surface area contributed by atoms with Gasteiger partial charge in [0.15, 0.2) is 0 Å². The van der Waals surface area contributed by atoms with E-state index in [2.05, 4.69) is 5.10 Å². The Balaban J connectivity index is 2.08. The van der Waals surface area contributed by atoms with Crippen LogP contribution in [0.4, 0.5) is 0 Å². The Labute approximate surface area is 149 Å². The fraction of sp³-hybridized carbons (Fsp3) is 0.500. The second kappa shape index (κ2) is 5.62. The predicted octanol–water partition coefficient (Wildman–Crippen LogP) is 3.66. The highest BCUT2D eigenvalue weighted by Gasteiger charge is 2.52. The molecule has 2 aromatic rings. The summed E-state index contributed by atoms with van der Waals surface area (Å²) in [5.41, 5.74) is 4.15. The summed E-state index contributed by atoms with van der Waals surface area (Å²) in [6.45, 7) is 12.2. The van der Waals surface area contributed by atoms with Crippen molar-refractivity contribution in [3.8, 4) is 11.1 Å². The lowest BCUT2D eigenvalue weighted by Crippen LogP contribution is -2.41. The van der Waals surface area contributed by atoms with E-state index in [9.17, 15) is 0 Å². The van der Waals surface area contributed by atoms with Gasteiger partial charge < -0.3 is 9.31 Å². The zero-order chi connectivity index (χ0) is 17.9. The zero-order valence-corrected chi connectivity index (χ0v) is 16.2. The van der Waals surface area contributed by atoms with Crippen LogP contribution in [0.2, 0.25) is 5.02 Å². The van der Waals surface area contributed by atoms with Crippen LogP contribution in [-0.4, -0.2) is 28.1 Å². The van der Waals surface area contributed by atoms with E-state index in [1.54, 1.807) is 0 Å². The van der Waals surface area contributed by atoms with Crippen LogP contribution in [0.15, 0.2) is 18.2 Å². The number of halogens is 1. The molecule has 1 aliphatic rings. The van der Waals surface area contributed by atoms with Crippen LogP contribution < -0.4 is 5.46 Å². The minimum Gasteiger partial charge on any atom is -0.399 e. The third kappa shape index (κ3) is 2.59. The van der Waals surface area contributed by atoms with Crippen LogP contribution >= 0.6 is 11.6 Å². The maximum atomic E-state index is 6.77. The number of hydrogen-bond donors (Lipinski definition) is 0. The maximum absolute atomic E-state index is 6.77. The van der Waals surface area contributed by atoms with Crippen LogP contribution in [0.25, 0.3) is 11.1 Å². The van der Waals surface area contributed by atoms with Gasteiger partial charge in [-0.2, -0.15) is 5.10 Å². The van der Waals surface area contributed by atoms with Crippen molar-refractivity contribution < 1.29 is 9.31 Å². The van der Waals surface area contributed by atoms with Crippen molar-refractivity contribution in [2.75, 3.05) is 0 Å². The van der Waals surface area contributed by atoms with Crippen molar-refractivity contribution in [2.24, 2.45) is 7.05 Å². The highest BCUT2D eigenvalue weighted by atomic mass is 35.5. The molecule has 0 atom stereocenters. The third-order valence-corrected chi connectivity index (χ3v) is 5.74. The van der Waals surface area contributed by atoms with E-state index < -0.39 is 18.3 Å². The molecular formula is C18H24BClN2O2. The Bertz CT molecular complexity index is 783. The molecular weight excluding hydrogens is 322 g/mol. The summed E-state index contributed by atoms with van der Waals surface area (Å²) >= 11 is 6.77.